The lowest BCUT2D eigenvalue weighted by Gasteiger charge is -2.42. The number of aliphatic carboxylic acids is 2. The minimum Gasteiger partial charge on any atom is -0.549 e. The first-order valence-corrected chi connectivity index (χ1v) is 11.9. The van der Waals surface area contributed by atoms with Crippen LogP contribution in [0.2, 0.25) is 0 Å². The van der Waals surface area contributed by atoms with Crippen LogP contribution in [0.15, 0.2) is 0 Å². The molecule has 1 atom stereocenters. The minimum atomic E-state index is -8.66. The topological polar surface area (TPSA) is 169 Å². The Kier molecular flexibility index (Phi) is 14.4. The van der Waals surface area contributed by atoms with Crippen LogP contribution in [-0.4, -0.2) is 94.7 Å². The van der Waals surface area contributed by atoms with E-state index in [2.05, 4.69) is 4.99 Å². The highest BCUT2D eigenvalue weighted by Crippen LogP contribution is 2.64. The first-order chi connectivity index (χ1) is 19.2. The highest BCUT2D eigenvalue weighted by molar-refractivity contribution is 7.99. The Labute approximate surface area is 238 Å². The highest BCUT2D eigenvalue weighted by Gasteiger charge is 2.95. The Morgan fingerprint density at radius 1 is 0.727 bits per heavy atom. The van der Waals surface area contributed by atoms with Gasteiger partial charge in [-0.05, 0) is 18.6 Å². The molecule has 0 bridgehead atoms. The molecule has 26 heteroatoms. The number of carbonyl (C=O) groups is 2. The van der Waals surface area contributed by atoms with Gasteiger partial charge in [-0.1, -0.05) is 0 Å². The van der Waals surface area contributed by atoms with Gasteiger partial charge in [0.2, 0.25) is 0 Å². The summed E-state index contributed by atoms with van der Waals surface area (Å²) in [4.78, 5) is 22.9. The quantitative estimate of drug-likeness (QED) is 0.0693. The van der Waals surface area contributed by atoms with Crippen molar-refractivity contribution in [1.29, 1.82) is 0 Å². The molecule has 0 rings (SSSR count). The molecule has 0 saturated heterocycles. The summed E-state index contributed by atoms with van der Waals surface area (Å²) in [6.07, 6.45) is -9.43. The van der Waals surface area contributed by atoms with E-state index < -0.39 is 83.5 Å². The van der Waals surface area contributed by atoms with Gasteiger partial charge in [0.1, 0.15) is 6.04 Å². The zero-order valence-corrected chi connectivity index (χ0v) is 21.9. The summed E-state index contributed by atoms with van der Waals surface area (Å²) in [6.45, 7) is 0.545. The maximum Gasteiger partial charge on any atom is 0.460 e. The molecular weight excluding hydrogens is 691 g/mol. The Morgan fingerprint density at radius 2 is 1.11 bits per heavy atom. The third-order valence-corrected chi connectivity index (χ3v) is 5.84. The molecule has 0 aromatic heterocycles. The van der Waals surface area contributed by atoms with Crippen molar-refractivity contribution in [2.75, 3.05) is 18.1 Å². The molecule has 0 fully saturated rings. The van der Waals surface area contributed by atoms with Crippen LogP contribution in [0.4, 0.5) is 74.6 Å². The summed E-state index contributed by atoms with van der Waals surface area (Å²) >= 11 is -0.262. The number of carboxylic acid groups (broad SMARTS) is 2. The summed E-state index contributed by atoms with van der Waals surface area (Å²) in [5.41, 5.74) is 15.4. The smallest absolute Gasteiger partial charge is 0.460 e. The third-order valence-electron chi connectivity index (χ3n) is 4.91. The number of alkyl halides is 17. The predicted octanol–water partition coefficient (Wildman–Crippen LogP) is 1.40. The SMILES string of the molecule is NC(N)=[NH+]CCC[C@H](N)C(=O)O.O=C([O-])CSCCC(F)(F)C(F)(F)C(F)(F)C(F)(F)C(F)(F)C(F)(F)C(F)(F)C(F)(F)F. The maximum absolute atomic E-state index is 13.4. The van der Waals surface area contributed by atoms with Crippen LogP contribution in [-0.2, 0) is 9.59 Å². The number of rotatable bonds is 16. The second-order valence-electron chi connectivity index (χ2n) is 8.29. The molecule has 44 heavy (non-hydrogen) atoms. The molecule has 0 spiro atoms. The van der Waals surface area contributed by atoms with Gasteiger partial charge in [-0.15, -0.1) is 0 Å². The normalized spacial score (nSPS) is 14.8. The van der Waals surface area contributed by atoms with Gasteiger partial charge in [0.15, 0.2) is 0 Å². The fraction of sp³-hybridized carbons (Fsp3) is 0.833. The number of thioether (sulfide) groups is 1. The number of carbonyl (C=O) groups excluding carboxylic acids is 1. The summed E-state index contributed by atoms with van der Waals surface area (Å²) in [7, 11) is 0. The van der Waals surface area contributed by atoms with Gasteiger partial charge in [-0.2, -0.15) is 86.4 Å². The zero-order valence-electron chi connectivity index (χ0n) is 21.1. The Morgan fingerprint density at radius 3 is 1.45 bits per heavy atom. The molecule has 0 aromatic carbocycles. The molecule has 0 aliphatic heterocycles. The van der Waals surface area contributed by atoms with Crippen molar-refractivity contribution in [2.45, 2.75) is 72.9 Å². The molecule has 262 valence electrons. The average Bonchev–Trinajstić information content (AvgIpc) is 2.83. The number of nitrogens with two attached hydrogens (primary N) is 3. The monoisotopic (exact) mass is 712 g/mol. The summed E-state index contributed by atoms with van der Waals surface area (Å²) in [6, 6.07) is -0.800. The summed E-state index contributed by atoms with van der Waals surface area (Å²) in [5.74, 6) is -62.3. The average molecular weight is 712 g/mol. The second kappa shape index (κ2) is 14.6. The van der Waals surface area contributed by atoms with E-state index in [1.165, 1.54) is 0 Å². The number of hydrogen-bond acceptors (Lipinski definition) is 5. The second-order valence-corrected chi connectivity index (χ2v) is 9.40. The molecule has 8 N–H and O–H groups in total. The van der Waals surface area contributed by atoms with Crippen molar-refractivity contribution in [1.82, 2.24) is 0 Å². The first-order valence-electron chi connectivity index (χ1n) is 10.8. The van der Waals surface area contributed by atoms with Gasteiger partial charge in [-0.25, -0.2) is 0 Å². The Bertz CT molecular complexity index is 1000. The highest BCUT2D eigenvalue weighted by atomic mass is 32.2. The fourth-order valence-electron chi connectivity index (χ4n) is 2.39. The van der Waals surface area contributed by atoms with Crippen LogP contribution in [0.25, 0.3) is 0 Å². The molecule has 0 aliphatic carbocycles. The zero-order chi connectivity index (χ0) is 36.0. The van der Waals surface area contributed by atoms with Gasteiger partial charge >= 0.3 is 59.6 Å². The number of nitrogens with one attached hydrogen (secondary N) is 1. The van der Waals surface area contributed by atoms with Gasteiger partial charge in [-0.3, -0.25) is 21.3 Å². The van der Waals surface area contributed by atoms with E-state index >= 15 is 0 Å². The van der Waals surface area contributed by atoms with E-state index in [1.807, 2.05) is 0 Å². The van der Waals surface area contributed by atoms with E-state index in [-0.39, 0.29) is 17.7 Å². The van der Waals surface area contributed by atoms with E-state index in [4.69, 9.17) is 22.3 Å². The van der Waals surface area contributed by atoms with Gasteiger partial charge in [0.25, 0.3) is 0 Å². The van der Waals surface area contributed by atoms with Crippen molar-refractivity contribution in [3.63, 3.8) is 0 Å². The number of halogens is 17. The largest absolute Gasteiger partial charge is 0.549 e. The molecule has 0 aliphatic rings. The fourth-order valence-corrected chi connectivity index (χ4v) is 3.10. The summed E-state index contributed by atoms with van der Waals surface area (Å²) < 4.78 is 220. The molecule has 0 saturated carbocycles. The molecule has 8 nitrogen and oxygen atoms in total. The molecular formula is C18H21F17N4O4S. The van der Waals surface area contributed by atoms with E-state index in [0.717, 1.165) is 0 Å². The van der Waals surface area contributed by atoms with Crippen molar-refractivity contribution in [3.8, 4) is 0 Å². The van der Waals surface area contributed by atoms with Crippen LogP contribution >= 0.6 is 11.8 Å². The van der Waals surface area contributed by atoms with E-state index in [0.29, 0.717) is 19.4 Å². The van der Waals surface area contributed by atoms with Crippen molar-refractivity contribution >= 4 is 29.7 Å². The molecule has 0 radical (unpaired) electrons. The Balaban J connectivity index is 0. The lowest BCUT2D eigenvalue weighted by atomic mass is 9.88. The molecule has 0 heterocycles. The number of carboxylic acids is 2. The number of guanidine groups is 1. The van der Waals surface area contributed by atoms with Crippen molar-refractivity contribution in [2.24, 2.45) is 17.2 Å². The minimum absolute atomic E-state index is 0.138. The van der Waals surface area contributed by atoms with Crippen molar-refractivity contribution < 1.29 is 99.4 Å². The van der Waals surface area contributed by atoms with Gasteiger partial charge < -0.3 is 20.7 Å². The molecule has 0 aromatic rings. The van der Waals surface area contributed by atoms with Gasteiger partial charge in [0, 0.05) is 12.2 Å². The first kappa shape index (κ1) is 43.5. The molecule has 0 unspecified atom stereocenters. The lowest BCUT2D eigenvalue weighted by molar-refractivity contribution is -0.461. The molecule has 0 amide bonds. The van der Waals surface area contributed by atoms with Crippen LogP contribution in [0.3, 0.4) is 0 Å². The van der Waals surface area contributed by atoms with Crippen molar-refractivity contribution in [3.05, 3.63) is 0 Å². The maximum atomic E-state index is 13.4. The third kappa shape index (κ3) is 9.18. The van der Waals surface area contributed by atoms with Crippen LogP contribution in [0.1, 0.15) is 19.3 Å². The van der Waals surface area contributed by atoms with Crippen LogP contribution in [0, 0.1) is 0 Å². The predicted molar refractivity (Wildman–Crippen MR) is 112 cm³/mol. The lowest BCUT2D eigenvalue weighted by Crippen LogP contribution is -2.78. The van der Waals surface area contributed by atoms with Crippen LogP contribution in [0.5, 0.6) is 0 Å². The van der Waals surface area contributed by atoms with Crippen LogP contribution < -0.4 is 27.3 Å². The summed E-state index contributed by atoms with van der Waals surface area (Å²) in [5, 5.41) is 18.4. The number of hydrogen-bond donors (Lipinski definition) is 5. The standard InChI is InChI=1S/C12H7F17O2S.C6H14N4O2/c13-5(14,1-2-32-3-4(30)31)6(15,16)7(17,18)8(19,20)9(21,22)10(23,24)11(25,26)12(27,28)29;7-4(5(11)12)2-1-3-10-6(8)9/h1-3H2,(H,30,31);4H,1-3,7H2,(H,11,12)(H4,8,9,10)/t;4-/m.0/s1. The van der Waals surface area contributed by atoms with Gasteiger partial charge in [0.05, 0.1) is 12.5 Å². The van der Waals surface area contributed by atoms with E-state index in [9.17, 15) is 89.3 Å². The van der Waals surface area contributed by atoms with E-state index in [1.54, 1.807) is 0 Å². The Hall–Kier alpha value is -2.67.